The van der Waals surface area contributed by atoms with Crippen LogP contribution < -0.4 is 4.72 Å². The maximum atomic E-state index is 12.7. The van der Waals surface area contributed by atoms with Crippen molar-refractivity contribution in [3.63, 3.8) is 0 Å². The Balaban J connectivity index is 2.21. The van der Waals surface area contributed by atoms with Crippen molar-refractivity contribution in [2.45, 2.75) is 52.5 Å². The highest BCUT2D eigenvalue weighted by molar-refractivity contribution is 7.89. The first-order chi connectivity index (χ1) is 10.6. The van der Waals surface area contributed by atoms with Gasteiger partial charge in [-0.1, -0.05) is 17.7 Å². The summed E-state index contributed by atoms with van der Waals surface area (Å²) in [6, 6.07) is 3.66. The van der Waals surface area contributed by atoms with E-state index in [9.17, 15) is 8.42 Å². The van der Waals surface area contributed by atoms with Gasteiger partial charge in [0.1, 0.15) is 11.6 Å². The quantitative estimate of drug-likeness (QED) is 0.909. The van der Waals surface area contributed by atoms with Crippen LogP contribution in [0.4, 0.5) is 0 Å². The van der Waals surface area contributed by atoms with Crippen molar-refractivity contribution < 1.29 is 8.42 Å². The van der Waals surface area contributed by atoms with E-state index < -0.39 is 10.0 Å². The standard InChI is InChI=1S/C16H24N4O2S/c1-10-7-11(2)16(12(3)8-10)23(21,22)17-9-13(4)20-15(6)18-14(5)19-20/h7-8,13,17H,9H2,1-6H3. The van der Waals surface area contributed by atoms with E-state index in [4.69, 9.17) is 0 Å². The Morgan fingerprint density at radius 3 is 2.17 bits per heavy atom. The highest BCUT2D eigenvalue weighted by Gasteiger charge is 2.21. The first-order valence-corrected chi connectivity index (χ1v) is 9.07. The molecule has 0 spiro atoms. The predicted molar refractivity (Wildman–Crippen MR) is 90.0 cm³/mol. The van der Waals surface area contributed by atoms with E-state index in [0.29, 0.717) is 10.7 Å². The van der Waals surface area contributed by atoms with E-state index >= 15 is 0 Å². The summed E-state index contributed by atoms with van der Waals surface area (Å²) in [5.41, 5.74) is 2.58. The Hall–Kier alpha value is -1.73. The zero-order valence-electron chi connectivity index (χ0n) is 14.5. The van der Waals surface area contributed by atoms with Crippen LogP contribution in [0.2, 0.25) is 0 Å². The summed E-state index contributed by atoms with van der Waals surface area (Å²) in [7, 11) is -3.56. The third kappa shape index (κ3) is 3.79. The van der Waals surface area contributed by atoms with E-state index in [-0.39, 0.29) is 12.6 Å². The topological polar surface area (TPSA) is 76.9 Å². The van der Waals surface area contributed by atoms with E-state index in [1.165, 1.54) is 0 Å². The minimum atomic E-state index is -3.56. The van der Waals surface area contributed by atoms with Gasteiger partial charge in [0.2, 0.25) is 10.0 Å². The largest absolute Gasteiger partial charge is 0.246 e. The molecule has 0 amide bonds. The van der Waals surface area contributed by atoms with Crippen LogP contribution in [0.1, 0.15) is 41.3 Å². The second-order valence-corrected chi connectivity index (χ2v) is 7.78. The average Bonchev–Trinajstić information content (AvgIpc) is 2.73. The second-order valence-electron chi connectivity index (χ2n) is 6.08. The number of sulfonamides is 1. The van der Waals surface area contributed by atoms with Crippen LogP contribution in [-0.4, -0.2) is 29.7 Å². The Labute approximate surface area is 138 Å². The lowest BCUT2D eigenvalue weighted by atomic mass is 10.1. The Morgan fingerprint density at radius 2 is 1.70 bits per heavy atom. The van der Waals surface area contributed by atoms with Gasteiger partial charge in [-0.2, -0.15) is 5.10 Å². The molecule has 1 unspecified atom stereocenters. The fraction of sp³-hybridized carbons (Fsp3) is 0.500. The molecule has 1 heterocycles. The number of rotatable bonds is 5. The first-order valence-electron chi connectivity index (χ1n) is 7.59. The average molecular weight is 336 g/mol. The third-order valence-corrected chi connectivity index (χ3v) is 5.50. The lowest BCUT2D eigenvalue weighted by molar-refractivity contribution is 0.466. The van der Waals surface area contributed by atoms with Crippen molar-refractivity contribution in [1.82, 2.24) is 19.5 Å². The third-order valence-electron chi connectivity index (χ3n) is 3.77. The summed E-state index contributed by atoms with van der Waals surface area (Å²) in [6.07, 6.45) is 0. The lowest BCUT2D eigenvalue weighted by Gasteiger charge is -2.17. The minimum absolute atomic E-state index is 0.114. The molecule has 0 saturated heterocycles. The molecule has 2 aromatic rings. The maximum absolute atomic E-state index is 12.7. The number of hydrogen-bond acceptors (Lipinski definition) is 4. The lowest BCUT2D eigenvalue weighted by Crippen LogP contribution is -2.31. The first kappa shape index (κ1) is 17.6. The van der Waals surface area contributed by atoms with E-state index in [1.807, 2.05) is 53.7 Å². The number of benzene rings is 1. The number of hydrogen-bond donors (Lipinski definition) is 1. The number of aromatic nitrogens is 3. The predicted octanol–water partition coefficient (Wildman–Crippen LogP) is 2.36. The SMILES string of the molecule is Cc1cc(C)c(S(=O)(=O)NCC(C)n2nc(C)nc2C)c(C)c1. The van der Waals surface area contributed by atoms with Crippen molar-refractivity contribution in [3.8, 4) is 0 Å². The fourth-order valence-electron chi connectivity index (χ4n) is 2.93. The summed E-state index contributed by atoms with van der Waals surface area (Å²) in [6.45, 7) is 11.5. The van der Waals surface area contributed by atoms with Gasteiger partial charge in [-0.15, -0.1) is 0 Å². The van der Waals surface area contributed by atoms with Gasteiger partial charge in [0.05, 0.1) is 10.9 Å². The highest BCUT2D eigenvalue weighted by Crippen LogP contribution is 2.21. The highest BCUT2D eigenvalue weighted by atomic mass is 32.2. The molecule has 0 radical (unpaired) electrons. The molecular weight excluding hydrogens is 312 g/mol. The summed E-state index contributed by atoms with van der Waals surface area (Å²) in [4.78, 5) is 4.61. The van der Waals surface area contributed by atoms with E-state index in [2.05, 4.69) is 14.8 Å². The van der Waals surface area contributed by atoms with Crippen molar-refractivity contribution >= 4 is 10.0 Å². The summed E-state index contributed by atoms with van der Waals surface area (Å²) < 4.78 is 29.7. The van der Waals surface area contributed by atoms with Crippen molar-refractivity contribution in [3.05, 3.63) is 40.5 Å². The van der Waals surface area contributed by atoms with Crippen molar-refractivity contribution in [2.75, 3.05) is 6.54 Å². The van der Waals surface area contributed by atoms with Gasteiger partial charge < -0.3 is 0 Å². The fourth-order valence-corrected chi connectivity index (χ4v) is 4.50. The van der Waals surface area contributed by atoms with Crippen molar-refractivity contribution in [1.29, 1.82) is 0 Å². The minimum Gasteiger partial charge on any atom is -0.246 e. The smallest absolute Gasteiger partial charge is 0.241 e. The Bertz CT molecular complexity index is 802. The van der Waals surface area contributed by atoms with E-state index in [1.54, 1.807) is 4.68 Å². The molecule has 6 nitrogen and oxygen atoms in total. The molecule has 0 bridgehead atoms. The van der Waals surface area contributed by atoms with Crippen LogP contribution in [0.25, 0.3) is 0 Å². The summed E-state index contributed by atoms with van der Waals surface area (Å²) in [5.74, 6) is 1.46. The monoisotopic (exact) mass is 336 g/mol. The van der Waals surface area contributed by atoms with Gasteiger partial charge in [0, 0.05) is 6.54 Å². The van der Waals surface area contributed by atoms with Crippen LogP contribution in [0.15, 0.2) is 17.0 Å². The molecule has 0 aliphatic heterocycles. The van der Waals surface area contributed by atoms with Crippen LogP contribution >= 0.6 is 0 Å². The molecule has 1 aromatic heterocycles. The van der Waals surface area contributed by atoms with Gasteiger partial charge in [0.15, 0.2) is 0 Å². The molecule has 2 rings (SSSR count). The van der Waals surface area contributed by atoms with E-state index in [0.717, 1.165) is 22.5 Å². The molecular formula is C16H24N4O2S. The summed E-state index contributed by atoms with van der Waals surface area (Å²) >= 11 is 0. The van der Waals surface area contributed by atoms with Crippen LogP contribution in [0.5, 0.6) is 0 Å². The number of aryl methyl sites for hydroxylation is 5. The van der Waals surface area contributed by atoms with Gasteiger partial charge in [0.25, 0.3) is 0 Å². The number of nitrogens with zero attached hydrogens (tertiary/aromatic N) is 3. The van der Waals surface area contributed by atoms with Crippen molar-refractivity contribution in [2.24, 2.45) is 0 Å². The zero-order chi connectivity index (χ0) is 17.4. The normalized spacial score (nSPS) is 13.3. The zero-order valence-corrected chi connectivity index (χ0v) is 15.3. The molecule has 0 aliphatic carbocycles. The van der Waals surface area contributed by atoms with Gasteiger partial charge in [-0.25, -0.2) is 22.8 Å². The molecule has 1 atom stereocenters. The second kappa shape index (κ2) is 6.41. The van der Waals surface area contributed by atoms with Gasteiger partial charge in [-0.3, -0.25) is 0 Å². The Morgan fingerprint density at radius 1 is 1.13 bits per heavy atom. The molecule has 0 aliphatic rings. The van der Waals surface area contributed by atoms with Crippen LogP contribution in [-0.2, 0) is 10.0 Å². The molecule has 1 N–H and O–H groups in total. The summed E-state index contributed by atoms with van der Waals surface area (Å²) in [5, 5.41) is 4.30. The van der Waals surface area contributed by atoms with Crippen LogP contribution in [0.3, 0.4) is 0 Å². The van der Waals surface area contributed by atoms with Gasteiger partial charge in [-0.05, 0) is 52.7 Å². The molecule has 7 heteroatoms. The molecule has 0 fully saturated rings. The van der Waals surface area contributed by atoms with Gasteiger partial charge >= 0.3 is 0 Å². The molecule has 1 aromatic carbocycles. The molecule has 0 saturated carbocycles. The Kier molecular flexibility index (Phi) is 4.91. The maximum Gasteiger partial charge on any atom is 0.241 e. The number of nitrogens with one attached hydrogen (secondary N) is 1. The molecule has 23 heavy (non-hydrogen) atoms. The van der Waals surface area contributed by atoms with Crippen LogP contribution in [0, 0.1) is 34.6 Å². The molecule has 126 valence electrons.